The van der Waals surface area contributed by atoms with E-state index in [1.54, 1.807) is 24.3 Å². The van der Waals surface area contributed by atoms with E-state index in [4.69, 9.17) is 16.3 Å². The lowest BCUT2D eigenvalue weighted by molar-refractivity contribution is -0.139. The molecule has 2 heterocycles. The average molecular weight is 586 g/mol. The Morgan fingerprint density at radius 1 is 1.12 bits per heavy atom. The molecular weight excluding hydrogens is 558 g/mol. The van der Waals surface area contributed by atoms with Gasteiger partial charge in [-0.15, -0.1) is 0 Å². The molecule has 1 fully saturated rings. The molecule has 1 aliphatic heterocycles. The number of carbonyl (C=O) groups is 5. The Bertz CT molecular complexity index is 1400. The van der Waals surface area contributed by atoms with Crippen LogP contribution in [0.1, 0.15) is 12.0 Å². The second kappa shape index (κ2) is 13.5. The summed E-state index contributed by atoms with van der Waals surface area (Å²) in [6, 6.07) is 12.0. The fraction of sp³-hybridized carbons (Fsp3) is 0.308. The van der Waals surface area contributed by atoms with Crippen molar-refractivity contribution in [3.05, 3.63) is 59.1 Å². The summed E-state index contributed by atoms with van der Waals surface area (Å²) in [7, 11) is 0. The molecule has 5 N–H and O–H groups in total. The van der Waals surface area contributed by atoms with Gasteiger partial charge in [-0.3, -0.25) is 14.5 Å². The first-order valence-corrected chi connectivity index (χ1v) is 13.0. The predicted octanol–water partition coefficient (Wildman–Crippen LogP) is 1.78. The van der Waals surface area contributed by atoms with E-state index in [2.05, 4.69) is 25.9 Å². The van der Waals surface area contributed by atoms with Crippen LogP contribution in [-0.4, -0.2) is 93.5 Å². The lowest BCUT2D eigenvalue weighted by Crippen LogP contribution is -2.50. The molecule has 2 aromatic carbocycles. The number of carboxylic acid groups (broad SMARTS) is 1. The molecule has 1 saturated heterocycles. The topological polar surface area (TPSA) is 186 Å². The number of hydrogen-bond donors (Lipinski definition) is 5. The molecule has 15 heteroatoms. The van der Waals surface area contributed by atoms with Crippen LogP contribution in [0, 0.1) is 0 Å². The number of aromatic amines is 1. The van der Waals surface area contributed by atoms with Crippen LogP contribution >= 0.6 is 11.6 Å². The van der Waals surface area contributed by atoms with Gasteiger partial charge >= 0.3 is 18.1 Å². The van der Waals surface area contributed by atoms with Crippen LogP contribution in [0.2, 0.25) is 5.02 Å². The summed E-state index contributed by atoms with van der Waals surface area (Å²) in [6.45, 7) is -0.595. The number of anilines is 1. The normalized spacial score (nSPS) is 13.8. The van der Waals surface area contributed by atoms with E-state index in [0.29, 0.717) is 29.5 Å². The number of halogens is 1. The number of amides is 5. The molecule has 4 rings (SSSR count). The molecule has 14 nitrogen and oxygen atoms in total. The van der Waals surface area contributed by atoms with Crippen LogP contribution in [0.3, 0.4) is 0 Å². The van der Waals surface area contributed by atoms with Crippen LogP contribution < -0.4 is 16.0 Å². The summed E-state index contributed by atoms with van der Waals surface area (Å²) >= 11 is 5.80. The van der Waals surface area contributed by atoms with Crippen LogP contribution in [0.25, 0.3) is 11.0 Å². The largest absolute Gasteiger partial charge is 0.480 e. The minimum atomic E-state index is -1.50. The first kappa shape index (κ1) is 29.1. The van der Waals surface area contributed by atoms with Crippen molar-refractivity contribution >= 4 is 58.5 Å². The molecule has 1 unspecified atom stereocenters. The Balaban J connectivity index is 1.17. The minimum Gasteiger partial charge on any atom is -0.480 e. The first-order chi connectivity index (χ1) is 19.7. The second-order valence-corrected chi connectivity index (χ2v) is 9.55. The number of fused-ring (bicyclic) bond motifs is 1. The van der Waals surface area contributed by atoms with Gasteiger partial charge in [-0.05, 0) is 36.2 Å². The van der Waals surface area contributed by atoms with Gasteiger partial charge < -0.3 is 35.7 Å². The van der Waals surface area contributed by atoms with Crippen LogP contribution in [-0.2, 0) is 25.7 Å². The number of hydrogen-bond acceptors (Lipinski definition) is 8. The molecule has 3 aromatic rings. The molecule has 1 atom stereocenters. The van der Waals surface area contributed by atoms with E-state index in [0.717, 1.165) is 15.9 Å². The van der Waals surface area contributed by atoms with Gasteiger partial charge in [0.05, 0.1) is 11.0 Å². The number of aliphatic carboxylic acids is 1. The van der Waals surface area contributed by atoms with Crippen molar-refractivity contribution in [2.45, 2.75) is 19.1 Å². The van der Waals surface area contributed by atoms with Crippen molar-refractivity contribution in [1.82, 2.24) is 30.4 Å². The first-order valence-electron chi connectivity index (χ1n) is 12.6. The third-order valence-electron chi connectivity index (χ3n) is 6.09. The molecule has 0 aliphatic carbocycles. The molecule has 1 aromatic heterocycles. The van der Waals surface area contributed by atoms with Crippen molar-refractivity contribution in [3.8, 4) is 0 Å². The van der Waals surface area contributed by atoms with Crippen LogP contribution in [0.5, 0.6) is 0 Å². The number of carboxylic acids is 1. The maximum atomic E-state index is 12.7. The highest BCUT2D eigenvalue weighted by Gasteiger charge is 2.36. The van der Waals surface area contributed by atoms with E-state index in [9.17, 15) is 29.1 Å². The number of urea groups is 1. The van der Waals surface area contributed by atoms with Crippen molar-refractivity contribution in [1.29, 1.82) is 0 Å². The SMILES string of the molecule is O=C(CN1C(=O)CN(CCCNc2nc3ccccc3[nH]2)C1=O)NCC(NC(=O)OCc1ccc(Cl)cc1)C(=O)O. The number of nitrogens with zero attached hydrogens (tertiary/aromatic N) is 3. The van der Waals surface area contributed by atoms with Gasteiger partial charge in [-0.25, -0.2) is 19.4 Å². The lowest BCUT2D eigenvalue weighted by atomic mass is 10.2. The summed E-state index contributed by atoms with van der Waals surface area (Å²) in [5.41, 5.74) is 2.36. The van der Waals surface area contributed by atoms with Gasteiger partial charge in [0.2, 0.25) is 11.9 Å². The maximum Gasteiger partial charge on any atom is 0.408 e. The number of carbonyl (C=O) groups excluding carboxylic acids is 4. The molecule has 0 radical (unpaired) electrons. The van der Waals surface area contributed by atoms with Gasteiger partial charge in [0, 0.05) is 24.7 Å². The molecule has 1 aliphatic rings. The average Bonchev–Trinajstić information content (AvgIpc) is 3.48. The number of H-pyrrole nitrogens is 1. The van der Waals surface area contributed by atoms with E-state index < -0.39 is 49.0 Å². The Labute approximate surface area is 239 Å². The number of ether oxygens (including phenoxy) is 1. The number of para-hydroxylation sites is 2. The molecule has 41 heavy (non-hydrogen) atoms. The highest BCUT2D eigenvalue weighted by atomic mass is 35.5. The molecule has 0 bridgehead atoms. The fourth-order valence-corrected chi connectivity index (χ4v) is 4.09. The van der Waals surface area contributed by atoms with Crippen molar-refractivity contribution < 1.29 is 33.8 Å². The Kier molecular flexibility index (Phi) is 9.58. The van der Waals surface area contributed by atoms with Gasteiger partial charge in [0.25, 0.3) is 5.91 Å². The predicted molar refractivity (Wildman–Crippen MR) is 147 cm³/mol. The summed E-state index contributed by atoms with van der Waals surface area (Å²) in [5.74, 6) is -2.13. The van der Waals surface area contributed by atoms with Crippen molar-refractivity contribution in [2.75, 3.05) is 38.0 Å². The molecular formula is C26H28ClN7O7. The smallest absolute Gasteiger partial charge is 0.408 e. The Morgan fingerprint density at radius 2 is 1.88 bits per heavy atom. The van der Waals surface area contributed by atoms with E-state index >= 15 is 0 Å². The summed E-state index contributed by atoms with van der Waals surface area (Å²) < 4.78 is 5.00. The van der Waals surface area contributed by atoms with Gasteiger partial charge in [0.15, 0.2) is 0 Å². The number of imidazole rings is 1. The summed E-state index contributed by atoms with van der Waals surface area (Å²) in [6.07, 6.45) is -0.479. The zero-order valence-electron chi connectivity index (χ0n) is 21.8. The summed E-state index contributed by atoms with van der Waals surface area (Å²) in [4.78, 5) is 70.7. The minimum absolute atomic E-state index is 0.118. The van der Waals surface area contributed by atoms with Gasteiger partial charge in [0.1, 0.15) is 25.7 Å². The number of imide groups is 1. The number of nitrogens with one attached hydrogen (secondary N) is 4. The highest BCUT2D eigenvalue weighted by Crippen LogP contribution is 2.14. The number of aromatic nitrogens is 2. The Morgan fingerprint density at radius 3 is 2.61 bits per heavy atom. The monoisotopic (exact) mass is 585 g/mol. The second-order valence-electron chi connectivity index (χ2n) is 9.11. The van der Waals surface area contributed by atoms with Crippen molar-refractivity contribution in [2.24, 2.45) is 0 Å². The van der Waals surface area contributed by atoms with Crippen LogP contribution in [0.4, 0.5) is 15.5 Å². The number of benzene rings is 2. The zero-order valence-corrected chi connectivity index (χ0v) is 22.5. The van der Waals surface area contributed by atoms with E-state index in [-0.39, 0.29) is 19.7 Å². The standard InChI is InChI=1S/C26H28ClN7O7/c27-17-8-6-16(7-9-17)15-41-25(39)32-20(23(37)38)12-29-21(35)13-34-22(36)14-33(26(34)40)11-3-10-28-24-30-18-4-1-2-5-19(18)31-24/h1-2,4-9,20H,3,10-15H2,(H,29,35)(H,32,39)(H,37,38)(H2,28,30,31). The molecule has 216 valence electrons. The molecule has 0 saturated carbocycles. The number of alkyl carbamates (subject to hydrolysis) is 1. The highest BCUT2D eigenvalue weighted by molar-refractivity contribution is 6.30. The van der Waals surface area contributed by atoms with Crippen LogP contribution in [0.15, 0.2) is 48.5 Å². The van der Waals surface area contributed by atoms with E-state index in [1.165, 1.54) is 4.90 Å². The molecule has 5 amide bonds. The maximum absolute atomic E-state index is 12.7. The zero-order chi connectivity index (χ0) is 29.4. The third kappa shape index (κ3) is 8.08. The van der Waals surface area contributed by atoms with Crippen molar-refractivity contribution in [3.63, 3.8) is 0 Å². The van der Waals surface area contributed by atoms with E-state index in [1.807, 2.05) is 24.3 Å². The third-order valence-corrected chi connectivity index (χ3v) is 6.35. The quantitative estimate of drug-likeness (QED) is 0.147. The summed E-state index contributed by atoms with van der Waals surface area (Å²) in [5, 5.41) is 17.5. The molecule has 0 spiro atoms. The fourth-order valence-electron chi connectivity index (χ4n) is 3.97. The van der Waals surface area contributed by atoms with Gasteiger partial charge in [-0.1, -0.05) is 35.9 Å². The lowest BCUT2D eigenvalue weighted by Gasteiger charge is -2.18. The Hall–Kier alpha value is -4.85. The van der Waals surface area contributed by atoms with Gasteiger partial charge in [-0.2, -0.15) is 0 Å². The number of rotatable bonds is 13.